The van der Waals surface area contributed by atoms with Crippen molar-refractivity contribution in [2.24, 2.45) is 22.2 Å². The van der Waals surface area contributed by atoms with Crippen LogP contribution < -0.4 is 5.11 Å². The summed E-state index contributed by atoms with van der Waals surface area (Å²) >= 11 is 0. The number of ether oxygens (including phenoxy) is 2. The zero-order chi connectivity index (χ0) is 15.7. The summed E-state index contributed by atoms with van der Waals surface area (Å²) in [4.78, 5) is 15.7. The lowest BCUT2D eigenvalue weighted by atomic mass is 10.0. The first kappa shape index (κ1) is 16.8. The summed E-state index contributed by atoms with van der Waals surface area (Å²) in [6, 6.07) is -0.929. The zero-order valence-corrected chi connectivity index (χ0v) is 13.0. The van der Waals surface area contributed by atoms with Crippen LogP contribution in [0.25, 0.3) is 0 Å². The molecule has 116 valence electrons. The van der Waals surface area contributed by atoms with Crippen molar-refractivity contribution in [3.63, 3.8) is 0 Å². The van der Waals surface area contributed by atoms with E-state index in [1.807, 2.05) is 13.8 Å². The van der Waals surface area contributed by atoms with E-state index in [0.29, 0.717) is 0 Å². The van der Waals surface area contributed by atoms with Gasteiger partial charge in [-0.05, 0) is 11.3 Å². The summed E-state index contributed by atoms with van der Waals surface area (Å²) in [7, 11) is 1.25. The molecule has 1 aliphatic rings. The number of aliphatic hydroxyl groups excluding tert-OH is 1. The van der Waals surface area contributed by atoms with Crippen molar-refractivity contribution in [3.8, 4) is 0 Å². The molecule has 0 heterocycles. The van der Waals surface area contributed by atoms with E-state index in [1.54, 1.807) is 20.8 Å². The molecule has 0 aromatic carbocycles. The number of nitrogens with zero attached hydrogens (tertiary/aromatic N) is 1. The Labute approximate surface area is 119 Å². The van der Waals surface area contributed by atoms with Crippen LogP contribution in [-0.2, 0) is 14.3 Å². The van der Waals surface area contributed by atoms with Gasteiger partial charge in [0.25, 0.3) is 0 Å². The quantitative estimate of drug-likeness (QED) is 0.456. The summed E-state index contributed by atoms with van der Waals surface area (Å²) in [5.41, 5.74) is -0.921. The molecule has 1 rings (SSSR count). The Hall–Kier alpha value is -1.30. The summed E-state index contributed by atoms with van der Waals surface area (Å²) in [5, 5.41) is 21.1. The van der Waals surface area contributed by atoms with Crippen molar-refractivity contribution in [3.05, 3.63) is 0 Å². The highest BCUT2D eigenvalue weighted by Crippen LogP contribution is 2.60. The Morgan fingerprint density at radius 2 is 2.00 bits per heavy atom. The molecular weight excluding hydrogens is 262 g/mol. The van der Waals surface area contributed by atoms with E-state index >= 15 is 0 Å². The van der Waals surface area contributed by atoms with Crippen molar-refractivity contribution in [2.75, 3.05) is 13.7 Å². The number of rotatable bonds is 4. The number of hydrogen-bond acceptors (Lipinski definition) is 6. The fourth-order valence-electron chi connectivity index (χ4n) is 2.56. The molecule has 1 saturated carbocycles. The predicted octanol–water partition coefficient (Wildman–Crippen LogP) is 0.324. The van der Waals surface area contributed by atoms with Gasteiger partial charge >= 0.3 is 5.97 Å². The van der Waals surface area contributed by atoms with Crippen molar-refractivity contribution in [1.82, 2.24) is 0 Å². The highest BCUT2D eigenvalue weighted by atomic mass is 16.6. The number of esters is 1. The van der Waals surface area contributed by atoms with Gasteiger partial charge in [-0.3, -0.25) is 4.99 Å². The third kappa shape index (κ3) is 3.62. The molecule has 1 aliphatic carbocycles. The lowest BCUT2D eigenvalue weighted by Gasteiger charge is -2.30. The summed E-state index contributed by atoms with van der Waals surface area (Å²) in [6.07, 6.45) is -0.785. The highest BCUT2D eigenvalue weighted by Gasteiger charge is 2.62. The number of hydrogen-bond donors (Lipinski definition) is 1. The maximum absolute atomic E-state index is 11.8. The van der Waals surface area contributed by atoms with Crippen LogP contribution in [0.5, 0.6) is 0 Å². The van der Waals surface area contributed by atoms with Gasteiger partial charge in [0.1, 0.15) is 6.08 Å². The van der Waals surface area contributed by atoms with Gasteiger partial charge < -0.3 is 19.7 Å². The molecule has 6 heteroatoms. The molecule has 0 bridgehead atoms. The van der Waals surface area contributed by atoms with Gasteiger partial charge in [0, 0.05) is 18.1 Å². The largest absolute Gasteiger partial charge is 0.595 e. The maximum Gasteiger partial charge on any atom is 0.330 e. The van der Waals surface area contributed by atoms with E-state index in [2.05, 4.69) is 4.99 Å². The van der Waals surface area contributed by atoms with Crippen LogP contribution in [0.1, 0.15) is 34.6 Å². The Morgan fingerprint density at radius 3 is 2.35 bits per heavy atom. The van der Waals surface area contributed by atoms with Crippen molar-refractivity contribution < 1.29 is 24.5 Å². The van der Waals surface area contributed by atoms with Gasteiger partial charge in [-0.1, -0.05) is 34.6 Å². The summed E-state index contributed by atoms with van der Waals surface area (Å²) < 4.78 is 9.81. The molecule has 6 nitrogen and oxygen atoms in total. The molecular formula is C14H24NO5-. The van der Waals surface area contributed by atoms with E-state index in [-0.39, 0.29) is 23.9 Å². The van der Waals surface area contributed by atoms with Crippen LogP contribution in [0.4, 0.5) is 0 Å². The molecule has 0 aromatic heterocycles. The van der Waals surface area contributed by atoms with Crippen molar-refractivity contribution in [2.45, 2.75) is 46.3 Å². The smallest absolute Gasteiger partial charge is 0.330 e. The van der Waals surface area contributed by atoms with E-state index in [0.717, 1.165) is 0 Å². The van der Waals surface area contributed by atoms with Crippen LogP contribution >= 0.6 is 0 Å². The van der Waals surface area contributed by atoms with Crippen LogP contribution in [0.15, 0.2) is 4.99 Å². The zero-order valence-electron chi connectivity index (χ0n) is 13.0. The Balaban J connectivity index is 2.93. The molecule has 3 atom stereocenters. The Bertz CT molecular complexity index is 397. The minimum atomic E-state index is -0.929. The molecule has 0 aromatic rings. The topological polar surface area (TPSA) is 91.2 Å². The molecule has 1 fully saturated rings. The van der Waals surface area contributed by atoms with Crippen molar-refractivity contribution >= 4 is 12.1 Å². The molecule has 0 radical (unpaired) electrons. The lowest BCUT2D eigenvalue weighted by molar-refractivity contribution is -0.261. The summed E-state index contributed by atoms with van der Waals surface area (Å²) in [5.74, 6) is -0.866. The van der Waals surface area contributed by atoms with E-state index in [9.17, 15) is 15.0 Å². The van der Waals surface area contributed by atoms with Crippen molar-refractivity contribution in [1.29, 1.82) is 0 Å². The highest BCUT2D eigenvalue weighted by molar-refractivity contribution is 5.80. The molecule has 0 aliphatic heterocycles. The number of methoxy groups -OCH3 is 1. The fraction of sp³-hybridized carbons (Fsp3) is 0.857. The first-order chi connectivity index (χ1) is 9.04. The normalized spacial score (nSPS) is 26.9. The average Bonchev–Trinajstić information content (AvgIpc) is 2.84. The fourth-order valence-corrected chi connectivity index (χ4v) is 2.56. The molecule has 1 N–H and O–H groups in total. The van der Waals surface area contributed by atoms with Gasteiger partial charge in [0.05, 0.1) is 7.11 Å². The number of carbonyl (C=O) groups is 1. The van der Waals surface area contributed by atoms with E-state index < -0.39 is 23.7 Å². The number of aliphatic imine (C=N–C) groups is 1. The van der Waals surface area contributed by atoms with Gasteiger partial charge in [0.15, 0.2) is 6.04 Å². The van der Waals surface area contributed by atoms with Crippen LogP contribution in [0.2, 0.25) is 0 Å². The van der Waals surface area contributed by atoms with Crippen LogP contribution in [-0.4, -0.2) is 42.5 Å². The lowest BCUT2D eigenvalue weighted by Crippen LogP contribution is -2.35. The summed E-state index contributed by atoms with van der Waals surface area (Å²) in [6.45, 7) is 8.99. The van der Waals surface area contributed by atoms with E-state index in [1.165, 1.54) is 7.11 Å². The second-order valence-electron chi connectivity index (χ2n) is 6.71. The van der Waals surface area contributed by atoms with Gasteiger partial charge in [-0.2, -0.15) is 0 Å². The predicted molar refractivity (Wildman–Crippen MR) is 71.9 cm³/mol. The van der Waals surface area contributed by atoms with Crippen LogP contribution in [0, 0.1) is 17.3 Å². The Morgan fingerprint density at radius 1 is 1.45 bits per heavy atom. The monoisotopic (exact) mass is 286 g/mol. The molecule has 0 spiro atoms. The minimum absolute atomic E-state index is 0.0466. The first-order valence-electron chi connectivity index (χ1n) is 6.67. The second-order valence-corrected chi connectivity index (χ2v) is 6.71. The average molecular weight is 286 g/mol. The maximum atomic E-state index is 11.8. The molecule has 0 amide bonds. The third-order valence-corrected chi connectivity index (χ3v) is 3.76. The second kappa shape index (κ2) is 5.60. The first-order valence-corrected chi connectivity index (χ1v) is 6.67. The van der Waals surface area contributed by atoms with Crippen LogP contribution in [0.3, 0.4) is 0 Å². The molecule has 0 saturated heterocycles. The van der Waals surface area contributed by atoms with E-state index in [4.69, 9.17) is 9.47 Å². The molecule has 20 heavy (non-hydrogen) atoms. The van der Waals surface area contributed by atoms with Gasteiger partial charge in [-0.15, -0.1) is 0 Å². The third-order valence-electron chi connectivity index (χ3n) is 3.76. The number of aliphatic hydroxyl groups is 1. The van der Waals surface area contributed by atoms with Gasteiger partial charge in [0.2, 0.25) is 0 Å². The number of carbonyl (C=O) groups excluding carboxylic acids is 1. The van der Waals surface area contributed by atoms with Gasteiger partial charge in [-0.25, -0.2) is 4.79 Å². The standard InChI is InChI=1S/C14H25NO5/c1-13(2,3)20-12(18)15-10(11(17)19-6)9-8(7-16)14(9,4)5/h8-10,16H,7H2,1-6H3,(H,15,18)/p-1/t8-,9-,10?/m0/s1. The molecule has 1 unspecified atom stereocenters. The Kier molecular flexibility index (Phi) is 4.69. The minimum Gasteiger partial charge on any atom is -0.595 e. The SMILES string of the molecule is COC(=O)C(N=C([O-])OC(C)(C)C)[C@@H]1[C@H](CO)C1(C)C.